The lowest BCUT2D eigenvalue weighted by atomic mass is 9.86. The average molecular weight is 332 g/mol. The van der Waals surface area contributed by atoms with Crippen molar-refractivity contribution in [1.82, 2.24) is 24.7 Å². The van der Waals surface area contributed by atoms with Crippen LogP contribution in [0.15, 0.2) is 43.2 Å². The van der Waals surface area contributed by atoms with Crippen molar-refractivity contribution in [3.63, 3.8) is 0 Å². The summed E-state index contributed by atoms with van der Waals surface area (Å²) in [6.45, 7) is 1.98. The van der Waals surface area contributed by atoms with Crippen LogP contribution in [0.3, 0.4) is 0 Å². The second-order valence-corrected chi connectivity index (χ2v) is 5.22. The summed E-state index contributed by atoms with van der Waals surface area (Å²) in [6.07, 6.45) is 4.94. The van der Waals surface area contributed by atoms with Crippen molar-refractivity contribution in [2.24, 2.45) is 0 Å². The monoisotopic (exact) mass is 332 g/mol. The third-order valence-corrected chi connectivity index (χ3v) is 3.63. The molecular weight excluding hydrogens is 319 g/mol. The quantitative estimate of drug-likeness (QED) is 0.721. The smallest absolute Gasteiger partial charge is 0.159 e. The molecule has 8 heteroatoms. The molecule has 0 bridgehead atoms. The third kappa shape index (κ3) is 3.42. The molecule has 3 rings (SSSR count). The maximum absolute atomic E-state index is 14.3. The zero-order chi connectivity index (χ0) is 17.1. The molecule has 1 aromatic carbocycles. The first kappa shape index (κ1) is 16.1. The predicted octanol–water partition coefficient (Wildman–Crippen LogP) is 2.91. The van der Waals surface area contributed by atoms with E-state index >= 15 is 0 Å². The Bertz CT molecular complexity index is 805. The van der Waals surface area contributed by atoms with Gasteiger partial charge in [-0.3, -0.25) is 4.68 Å². The predicted molar refractivity (Wildman–Crippen MR) is 79.1 cm³/mol. The normalized spacial score (nSPS) is 12.5. The van der Waals surface area contributed by atoms with E-state index in [0.29, 0.717) is 11.7 Å². The topological polar surface area (TPSA) is 56.5 Å². The van der Waals surface area contributed by atoms with E-state index in [9.17, 15) is 13.2 Å². The molecule has 1 radical (unpaired) electrons. The summed E-state index contributed by atoms with van der Waals surface area (Å²) < 4.78 is 42.0. The Morgan fingerprint density at radius 3 is 2.50 bits per heavy atom. The molecule has 2 heterocycles. The molecule has 0 saturated heterocycles. The molecule has 24 heavy (non-hydrogen) atoms. The molecule has 0 aliphatic rings. The Labute approximate surface area is 136 Å². The van der Waals surface area contributed by atoms with Gasteiger partial charge in [-0.15, -0.1) is 0 Å². The summed E-state index contributed by atoms with van der Waals surface area (Å²) >= 11 is 0. The van der Waals surface area contributed by atoms with Crippen LogP contribution in [0.25, 0.3) is 0 Å². The molecule has 3 aromatic rings. The third-order valence-electron chi connectivity index (χ3n) is 3.63. The highest BCUT2D eigenvalue weighted by molar-refractivity contribution is 5.36. The first-order valence-electron chi connectivity index (χ1n) is 7.15. The molecule has 0 amide bonds. The molecule has 5 nitrogen and oxygen atoms in total. The van der Waals surface area contributed by atoms with E-state index < -0.39 is 23.4 Å². The molecule has 123 valence electrons. The minimum absolute atomic E-state index is 0.213. The van der Waals surface area contributed by atoms with Gasteiger partial charge in [0, 0.05) is 17.9 Å². The minimum Gasteiger partial charge on any atom is -0.252 e. The molecular formula is C16H13F3N5. The summed E-state index contributed by atoms with van der Waals surface area (Å²) in [4.78, 5) is 11.8. The summed E-state index contributed by atoms with van der Waals surface area (Å²) in [5.41, 5.74) is 0.229. The van der Waals surface area contributed by atoms with Crippen molar-refractivity contribution in [2.45, 2.75) is 19.4 Å². The number of nitrogens with zero attached hydrogens (tertiary/aromatic N) is 5. The summed E-state index contributed by atoms with van der Waals surface area (Å²) in [7, 11) is 0. The van der Waals surface area contributed by atoms with Crippen molar-refractivity contribution in [3.05, 3.63) is 78.0 Å². The van der Waals surface area contributed by atoms with E-state index in [0.717, 1.165) is 18.5 Å². The number of aromatic nitrogens is 5. The van der Waals surface area contributed by atoms with Crippen molar-refractivity contribution in [1.29, 1.82) is 0 Å². The van der Waals surface area contributed by atoms with Gasteiger partial charge >= 0.3 is 0 Å². The van der Waals surface area contributed by atoms with Crippen molar-refractivity contribution >= 4 is 0 Å². The number of hydrogen-bond donors (Lipinski definition) is 0. The molecule has 2 aromatic heterocycles. The standard InChI is InChI=1S/C16H13F3N5/c1-10(16-21-5-12(18)6-22-16)14(7-24-9-20-8-23-24)13-3-2-11(17)4-15(13)19/h2-6,8-10H,7H2,1H3/t10-/m0/s1. The van der Waals surface area contributed by atoms with Crippen LogP contribution >= 0.6 is 0 Å². The highest BCUT2D eigenvalue weighted by Crippen LogP contribution is 2.33. The molecule has 0 fully saturated rings. The van der Waals surface area contributed by atoms with Gasteiger partial charge in [-0.2, -0.15) is 5.10 Å². The first-order valence-corrected chi connectivity index (χ1v) is 7.15. The Morgan fingerprint density at radius 1 is 1.12 bits per heavy atom. The van der Waals surface area contributed by atoms with Crippen LogP contribution in [0.2, 0.25) is 0 Å². The van der Waals surface area contributed by atoms with Crippen LogP contribution in [0.4, 0.5) is 13.2 Å². The van der Waals surface area contributed by atoms with Crippen LogP contribution in [0.5, 0.6) is 0 Å². The number of benzene rings is 1. The van der Waals surface area contributed by atoms with Crippen LogP contribution < -0.4 is 0 Å². The molecule has 0 aliphatic heterocycles. The van der Waals surface area contributed by atoms with Crippen molar-refractivity contribution in [2.75, 3.05) is 0 Å². The fraction of sp³-hybridized carbons (Fsp3) is 0.188. The summed E-state index contributed by atoms with van der Waals surface area (Å²) in [5.74, 6) is -1.45. The maximum Gasteiger partial charge on any atom is 0.159 e. The van der Waals surface area contributed by atoms with Gasteiger partial charge < -0.3 is 0 Å². The van der Waals surface area contributed by atoms with Gasteiger partial charge in [0.15, 0.2) is 5.82 Å². The van der Waals surface area contributed by atoms with Gasteiger partial charge in [-0.1, -0.05) is 13.0 Å². The van der Waals surface area contributed by atoms with Crippen LogP contribution in [0, 0.1) is 23.4 Å². The van der Waals surface area contributed by atoms with Crippen molar-refractivity contribution < 1.29 is 13.2 Å². The van der Waals surface area contributed by atoms with E-state index in [2.05, 4.69) is 20.1 Å². The van der Waals surface area contributed by atoms with E-state index in [-0.39, 0.29) is 12.1 Å². The largest absolute Gasteiger partial charge is 0.252 e. The Hall–Kier alpha value is -2.77. The molecule has 0 unspecified atom stereocenters. The van der Waals surface area contributed by atoms with E-state index in [4.69, 9.17) is 0 Å². The molecule has 0 saturated carbocycles. The zero-order valence-corrected chi connectivity index (χ0v) is 12.7. The van der Waals surface area contributed by atoms with Gasteiger partial charge in [0.1, 0.15) is 30.1 Å². The second-order valence-electron chi connectivity index (χ2n) is 5.22. The Balaban J connectivity index is 1.99. The Morgan fingerprint density at radius 2 is 1.88 bits per heavy atom. The summed E-state index contributed by atoms with van der Waals surface area (Å²) in [5, 5.41) is 4.01. The van der Waals surface area contributed by atoms with E-state index in [1.807, 2.05) is 0 Å². The number of rotatable bonds is 5. The number of hydrogen-bond acceptors (Lipinski definition) is 4. The van der Waals surface area contributed by atoms with Crippen LogP contribution in [-0.4, -0.2) is 24.7 Å². The van der Waals surface area contributed by atoms with Crippen LogP contribution in [0.1, 0.15) is 24.2 Å². The lowest BCUT2D eigenvalue weighted by Gasteiger charge is -2.23. The minimum atomic E-state index is -0.695. The van der Waals surface area contributed by atoms with Gasteiger partial charge in [0.2, 0.25) is 0 Å². The molecule has 0 N–H and O–H groups in total. The molecule has 1 atom stereocenters. The van der Waals surface area contributed by atoms with Gasteiger partial charge in [-0.05, 0) is 11.6 Å². The maximum atomic E-state index is 14.3. The first-order chi connectivity index (χ1) is 11.5. The van der Waals surface area contributed by atoms with E-state index in [1.54, 1.807) is 6.92 Å². The number of halogens is 3. The van der Waals surface area contributed by atoms with Gasteiger partial charge in [0.25, 0.3) is 0 Å². The summed E-state index contributed by atoms with van der Waals surface area (Å²) in [6, 6.07) is 3.35. The van der Waals surface area contributed by atoms with Gasteiger partial charge in [0.05, 0.1) is 18.9 Å². The fourth-order valence-electron chi connectivity index (χ4n) is 2.40. The highest BCUT2D eigenvalue weighted by Gasteiger charge is 2.27. The van der Waals surface area contributed by atoms with Crippen LogP contribution in [-0.2, 0) is 6.54 Å². The lowest BCUT2D eigenvalue weighted by molar-refractivity contribution is 0.532. The second kappa shape index (κ2) is 6.77. The van der Waals surface area contributed by atoms with Crippen molar-refractivity contribution in [3.8, 4) is 0 Å². The SMILES string of the molecule is C[C@@H]([C](Cn1cncn1)c1ccc(F)cc1F)c1ncc(F)cn1. The fourth-order valence-corrected chi connectivity index (χ4v) is 2.40. The molecule has 0 spiro atoms. The molecule has 0 aliphatic carbocycles. The lowest BCUT2D eigenvalue weighted by Crippen LogP contribution is -2.20. The zero-order valence-electron chi connectivity index (χ0n) is 12.7. The van der Waals surface area contributed by atoms with E-state index in [1.165, 1.54) is 29.5 Å². The highest BCUT2D eigenvalue weighted by atomic mass is 19.1. The average Bonchev–Trinajstić information content (AvgIpc) is 3.06. The Kier molecular flexibility index (Phi) is 4.54. The van der Waals surface area contributed by atoms with Gasteiger partial charge in [-0.25, -0.2) is 28.1 Å².